The van der Waals surface area contributed by atoms with E-state index in [-0.39, 0.29) is 0 Å². The third kappa shape index (κ3) is 2.94. The average molecular weight is 348 g/mol. The van der Waals surface area contributed by atoms with Crippen molar-refractivity contribution in [3.8, 4) is 0 Å². The van der Waals surface area contributed by atoms with Gasteiger partial charge in [-0.15, -0.1) is 0 Å². The van der Waals surface area contributed by atoms with E-state index in [1.807, 2.05) is 6.07 Å². The highest BCUT2D eigenvalue weighted by Crippen LogP contribution is 2.28. The number of para-hydroxylation sites is 2. The Morgan fingerprint density at radius 1 is 1.19 bits per heavy atom. The molecule has 4 heterocycles. The summed E-state index contributed by atoms with van der Waals surface area (Å²) >= 11 is 0. The first-order valence-electron chi connectivity index (χ1n) is 9.59. The lowest BCUT2D eigenvalue weighted by Crippen LogP contribution is -2.38. The predicted molar refractivity (Wildman–Crippen MR) is 102 cm³/mol. The fourth-order valence-corrected chi connectivity index (χ4v) is 4.34. The fraction of sp³-hybridized carbons (Fsp3) is 0.450. The second-order valence-electron chi connectivity index (χ2n) is 7.41. The van der Waals surface area contributed by atoms with Gasteiger partial charge in [-0.2, -0.15) is 0 Å². The van der Waals surface area contributed by atoms with Crippen molar-refractivity contribution in [2.75, 3.05) is 24.5 Å². The highest BCUT2D eigenvalue weighted by molar-refractivity contribution is 5.74. The van der Waals surface area contributed by atoms with Gasteiger partial charge in [-0.3, -0.25) is 0 Å². The fourth-order valence-electron chi connectivity index (χ4n) is 4.34. The number of nitrogens with zero attached hydrogens (tertiary/aromatic N) is 4. The van der Waals surface area contributed by atoms with Crippen LogP contribution >= 0.6 is 0 Å². The molecule has 5 rings (SSSR count). The number of nitrogens with one attached hydrogen (secondary N) is 2. The largest absolute Gasteiger partial charge is 0.356 e. The summed E-state index contributed by atoms with van der Waals surface area (Å²) in [6.45, 7) is 4.02. The summed E-state index contributed by atoms with van der Waals surface area (Å²) in [6.07, 6.45) is 6.21. The van der Waals surface area contributed by atoms with Gasteiger partial charge in [-0.05, 0) is 43.9 Å². The molecule has 2 aliphatic heterocycles. The van der Waals surface area contributed by atoms with Gasteiger partial charge >= 0.3 is 0 Å². The van der Waals surface area contributed by atoms with E-state index in [0.717, 1.165) is 61.7 Å². The molecule has 0 saturated carbocycles. The summed E-state index contributed by atoms with van der Waals surface area (Å²) in [6, 6.07) is 8.27. The van der Waals surface area contributed by atoms with Crippen molar-refractivity contribution < 1.29 is 0 Å². The number of H-pyrrole nitrogens is 1. The lowest BCUT2D eigenvalue weighted by Gasteiger charge is -2.35. The maximum Gasteiger partial charge on any atom is 0.135 e. The molecule has 0 bridgehead atoms. The first kappa shape index (κ1) is 15.8. The van der Waals surface area contributed by atoms with Crippen LogP contribution in [0.3, 0.4) is 0 Å². The first-order chi connectivity index (χ1) is 12.9. The van der Waals surface area contributed by atoms with E-state index in [2.05, 4.69) is 43.4 Å². The van der Waals surface area contributed by atoms with Gasteiger partial charge in [-0.25, -0.2) is 15.0 Å². The third-order valence-corrected chi connectivity index (χ3v) is 5.60. The van der Waals surface area contributed by atoms with Gasteiger partial charge in [-0.1, -0.05) is 12.1 Å². The zero-order chi connectivity index (χ0) is 17.3. The monoisotopic (exact) mass is 348 g/mol. The Labute approximate surface area is 153 Å². The smallest absolute Gasteiger partial charge is 0.135 e. The second kappa shape index (κ2) is 6.68. The van der Waals surface area contributed by atoms with Gasteiger partial charge < -0.3 is 15.2 Å². The zero-order valence-electron chi connectivity index (χ0n) is 14.9. The molecule has 0 radical (unpaired) electrons. The number of benzene rings is 1. The zero-order valence-corrected chi connectivity index (χ0v) is 14.9. The van der Waals surface area contributed by atoms with E-state index >= 15 is 0 Å². The van der Waals surface area contributed by atoms with Crippen LogP contribution in [0.2, 0.25) is 0 Å². The number of piperidine rings is 1. The molecule has 6 heteroatoms. The summed E-state index contributed by atoms with van der Waals surface area (Å²) in [5.74, 6) is 2.87. The summed E-state index contributed by atoms with van der Waals surface area (Å²) in [4.78, 5) is 19.9. The van der Waals surface area contributed by atoms with Crippen molar-refractivity contribution in [1.82, 2.24) is 25.3 Å². The van der Waals surface area contributed by atoms with Crippen LogP contribution in [-0.2, 0) is 19.4 Å². The maximum absolute atomic E-state index is 4.77. The van der Waals surface area contributed by atoms with Gasteiger partial charge in [0.05, 0.1) is 16.7 Å². The van der Waals surface area contributed by atoms with Crippen molar-refractivity contribution in [2.45, 2.75) is 32.2 Å². The van der Waals surface area contributed by atoms with Crippen molar-refractivity contribution in [3.63, 3.8) is 0 Å². The van der Waals surface area contributed by atoms with Crippen molar-refractivity contribution in [3.05, 3.63) is 47.7 Å². The Morgan fingerprint density at radius 2 is 2.15 bits per heavy atom. The van der Waals surface area contributed by atoms with E-state index in [1.54, 1.807) is 6.33 Å². The molecule has 0 unspecified atom stereocenters. The molecule has 1 atom stereocenters. The van der Waals surface area contributed by atoms with Crippen LogP contribution in [0.5, 0.6) is 0 Å². The van der Waals surface area contributed by atoms with Gasteiger partial charge in [0.2, 0.25) is 0 Å². The Kier molecular flexibility index (Phi) is 4.05. The van der Waals surface area contributed by atoms with E-state index in [0.29, 0.717) is 5.92 Å². The summed E-state index contributed by atoms with van der Waals surface area (Å²) < 4.78 is 0. The number of imidazole rings is 1. The molecular weight excluding hydrogens is 324 g/mol. The van der Waals surface area contributed by atoms with Crippen molar-refractivity contribution in [1.29, 1.82) is 0 Å². The molecule has 0 spiro atoms. The molecular formula is C20H24N6. The molecule has 1 aromatic carbocycles. The third-order valence-electron chi connectivity index (χ3n) is 5.60. The lowest BCUT2D eigenvalue weighted by atomic mass is 9.94. The molecule has 0 aliphatic carbocycles. The summed E-state index contributed by atoms with van der Waals surface area (Å²) in [5.41, 5.74) is 4.70. The van der Waals surface area contributed by atoms with Crippen LogP contribution in [0.15, 0.2) is 30.6 Å². The molecule has 3 aromatic rings. The quantitative estimate of drug-likeness (QED) is 0.761. The van der Waals surface area contributed by atoms with Crippen molar-refractivity contribution in [2.24, 2.45) is 5.92 Å². The summed E-state index contributed by atoms with van der Waals surface area (Å²) in [5, 5.41) is 3.40. The minimum absolute atomic E-state index is 0.608. The molecule has 26 heavy (non-hydrogen) atoms. The number of aromatic nitrogens is 4. The highest BCUT2D eigenvalue weighted by atomic mass is 15.2. The molecule has 6 nitrogen and oxygen atoms in total. The van der Waals surface area contributed by atoms with Crippen LogP contribution in [0.25, 0.3) is 11.0 Å². The second-order valence-corrected chi connectivity index (χ2v) is 7.41. The molecule has 1 saturated heterocycles. The Balaban J connectivity index is 1.35. The molecule has 2 N–H and O–H groups in total. The highest BCUT2D eigenvalue weighted by Gasteiger charge is 2.25. The van der Waals surface area contributed by atoms with Crippen molar-refractivity contribution >= 4 is 16.9 Å². The van der Waals surface area contributed by atoms with E-state index < -0.39 is 0 Å². The number of hydrogen-bond donors (Lipinski definition) is 2. The number of aromatic amines is 1. The van der Waals surface area contributed by atoms with E-state index in [1.165, 1.54) is 24.1 Å². The number of hydrogen-bond acceptors (Lipinski definition) is 5. The van der Waals surface area contributed by atoms with Crippen LogP contribution in [0.1, 0.15) is 29.9 Å². The van der Waals surface area contributed by atoms with Gasteiger partial charge in [0.15, 0.2) is 0 Å². The molecule has 134 valence electrons. The standard InChI is InChI=1S/C20H24N6/c1-2-6-17-16(5-1)24-19(25-17)10-14-4-3-9-26(12-14)20-15-7-8-21-11-18(15)22-13-23-20/h1-2,5-6,13-14,21H,3-4,7-12H2,(H,24,25)/t14-/m0/s1. The topological polar surface area (TPSA) is 69.7 Å². The number of rotatable bonds is 3. The number of anilines is 1. The normalized spacial score (nSPS) is 20.3. The molecule has 2 aliphatic rings. The minimum atomic E-state index is 0.608. The van der Waals surface area contributed by atoms with Crippen LogP contribution in [0, 0.1) is 5.92 Å². The SMILES string of the molecule is c1ccc2[nH]c(C[C@@H]3CCCN(c4ncnc5c4CCNC5)C3)nc2c1. The summed E-state index contributed by atoms with van der Waals surface area (Å²) in [7, 11) is 0. The van der Waals surface area contributed by atoms with Crippen LogP contribution < -0.4 is 10.2 Å². The van der Waals surface area contributed by atoms with Crippen LogP contribution in [-0.4, -0.2) is 39.6 Å². The lowest BCUT2D eigenvalue weighted by molar-refractivity contribution is 0.404. The Morgan fingerprint density at radius 3 is 3.12 bits per heavy atom. The van der Waals surface area contributed by atoms with Gasteiger partial charge in [0, 0.05) is 31.6 Å². The molecule has 2 aromatic heterocycles. The Bertz CT molecular complexity index is 885. The Hall–Kier alpha value is -2.47. The van der Waals surface area contributed by atoms with Gasteiger partial charge in [0.25, 0.3) is 0 Å². The molecule has 1 fully saturated rings. The minimum Gasteiger partial charge on any atom is -0.356 e. The van der Waals surface area contributed by atoms with E-state index in [9.17, 15) is 0 Å². The average Bonchev–Trinajstić information content (AvgIpc) is 3.10. The van der Waals surface area contributed by atoms with Crippen LogP contribution in [0.4, 0.5) is 5.82 Å². The molecule has 0 amide bonds. The van der Waals surface area contributed by atoms with Gasteiger partial charge in [0.1, 0.15) is 18.0 Å². The predicted octanol–water partition coefficient (Wildman–Crippen LogP) is 2.46. The maximum atomic E-state index is 4.77. The van der Waals surface area contributed by atoms with E-state index in [4.69, 9.17) is 4.98 Å². The first-order valence-corrected chi connectivity index (χ1v) is 9.59. The number of fused-ring (bicyclic) bond motifs is 2.